The van der Waals surface area contributed by atoms with Crippen molar-refractivity contribution in [3.05, 3.63) is 0 Å². The number of rotatable bonds is 5. The van der Waals surface area contributed by atoms with E-state index >= 15 is 0 Å². The number of carbonyl (C=O) groups excluding carboxylic acids is 1. The van der Waals surface area contributed by atoms with Gasteiger partial charge in [-0.2, -0.15) is 23.5 Å². The highest BCUT2D eigenvalue weighted by Crippen LogP contribution is 2.40. The molecule has 2 aliphatic heterocycles. The Labute approximate surface area is 119 Å². The minimum Gasteiger partial charge on any atom is -0.374 e. The lowest BCUT2D eigenvalue weighted by molar-refractivity contribution is -0.131. The first-order valence-corrected chi connectivity index (χ1v) is 9.24. The molecular formula is C14H24O2S2. The van der Waals surface area contributed by atoms with Crippen LogP contribution in [0.4, 0.5) is 0 Å². The van der Waals surface area contributed by atoms with Gasteiger partial charge < -0.3 is 4.74 Å². The molecule has 2 rings (SSSR count). The van der Waals surface area contributed by atoms with Crippen molar-refractivity contribution in [2.24, 2.45) is 11.8 Å². The van der Waals surface area contributed by atoms with Gasteiger partial charge in [-0.1, -0.05) is 13.8 Å². The monoisotopic (exact) mass is 288 g/mol. The van der Waals surface area contributed by atoms with Crippen molar-refractivity contribution < 1.29 is 9.53 Å². The molecule has 0 saturated carbocycles. The Morgan fingerprint density at radius 1 is 1.56 bits per heavy atom. The maximum atomic E-state index is 12.2. The number of hydrogen-bond donors (Lipinski definition) is 0. The van der Waals surface area contributed by atoms with E-state index in [0.29, 0.717) is 17.5 Å². The zero-order valence-corrected chi connectivity index (χ0v) is 13.1. The van der Waals surface area contributed by atoms with E-state index in [2.05, 4.69) is 13.8 Å². The van der Waals surface area contributed by atoms with Crippen molar-refractivity contribution in [2.45, 2.75) is 38.7 Å². The molecule has 18 heavy (non-hydrogen) atoms. The molecule has 0 amide bonds. The summed E-state index contributed by atoms with van der Waals surface area (Å²) in [7, 11) is 0. The molecule has 2 nitrogen and oxygen atoms in total. The van der Waals surface area contributed by atoms with Crippen LogP contribution >= 0.6 is 23.5 Å². The van der Waals surface area contributed by atoms with Crippen molar-refractivity contribution in [3.8, 4) is 0 Å². The number of ketones is 1. The Kier molecular flexibility index (Phi) is 5.46. The van der Waals surface area contributed by atoms with Crippen LogP contribution in [-0.4, -0.2) is 41.0 Å². The van der Waals surface area contributed by atoms with Crippen LogP contribution in [0.15, 0.2) is 0 Å². The summed E-state index contributed by atoms with van der Waals surface area (Å²) in [5, 5.41) is 0. The molecule has 0 aromatic carbocycles. The second-order valence-corrected chi connectivity index (χ2v) is 8.03. The van der Waals surface area contributed by atoms with E-state index in [-0.39, 0.29) is 11.5 Å². The van der Waals surface area contributed by atoms with Crippen LogP contribution in [-0.2, 0) is 9.53 Å². The summed E-state index contributed by atoms with van der Waals surface area (Å²) in [6, 6.07) is 0. The predicted octanol–water partition coefficient (Wildman–Crippen LogP) is 3.25. The van der Waals surface area contributed by atoms with Gasteiger partial charge in [0.15, 0.2) is 0 Å². The average molecular weight is 288 g/mol. The molecule has 0 aromatic rings. The van der Waals surface area contributed by atoms with Crippen molar-refractivity contribution >= 4 is 29.3 Å². The molecule has 4 heteroatoms. The number of hydrogen-bond acceptors (Lipinski definition) is 4. The lowest BCUT2D eigenvalue weighted by Gasteiger charge is -2.37. The minimum absolute atomic E-state index is 0.0476. The second kappa shape index (κ2) is 6.67. The average Bonchev–Trinajstić information content (AvgIpc) is 2.76. The first-order valence-electron chi connectivity index (χ1n) is 6.93. The molecule has 2 saturated heterocycles. The molecular weight excluding hydrogens is 264 g/mol. The van der Waals surface area contributed by atoms with Crippen LogP contribution in [0.25, 0.3) is 0 Å². The van der Waals surface area contributed by atoms with Crippen molar-refractivity contribution in [1.29, 1.82) is 0 Å². The minimum atomic E-state index is 0.0476. The van der Waals surface area contributed by atoms with Gasteiger partial charge >= 0.3 is 0 Å². The maximum absolute atomic E-state index is 12.2. The molecule has 0 aliphatic carbocycles. The molecule has 2 heterocycles. The van der Waals surface area contributed by atoms with Gasteiger partial charge in [0.2, 0.25) is 0 Å². The van der Waals surface area contributed by atoms with E-state index in [4.69, 9.17) is 4.74 Å². The molecule has 104 valence electrons. The standard InChI is InChI=1S/C14H24O2S2/c1-11(2)8-18-9-13(15)12-3-5-16-14(7-12)4-6-17-10-14/h11-12H,3-10H2,1-2H3. The SMILES string of the molecule is CC(C)CSCC(=O)C1CCOC2(CCSC2)C1. The van der Waals surface area contributed by atoms with E-state index in [1.54, 1.807) is 11.8 Å². The number of carbonyl (C=O) groups is 1. The molecule has 2 fully saturated rings. The Morgan fingerprint density at radius 2 is 2.39 bits per heavy atom. The highest BCUT2D eigenvalue weighted by molar-refractivity contribution is 8.00. The molecule has 0 N–H and O–H groups in total. The first kappa shape index (κ1) is 14.7. The molecule has 0 bridgehead atoms. The number of Topliss-reactive ketones (excluding diaryl/α,β-unsaturated/α-hetero) is 1. The lowest BCUT2D eigenvalue weighted by atomic mass is 9.83. The highest BCUT2D eigenvalue weighted by Gasteiger charge is 2.42. The van der Waals surface area contributed by atoms with Gasteiger partial charge in [-0.05, 0) is 36.7 Å². The Balaban J connectivity index is 1.79. The fourth-order valence-electron chi connectivity index (χ4n) is 2.68. The predicted molar refractivity (Wildman–Crippen MR) is 80.5 cm³/mol. The molecule has 2 unspecified atom stereocenters. The number of thioether (sulfide) groups is 2. The van der Waals surface area contributed by atoms with Gasteiger partial charge in [0.25, 0.3) is 0 Å². The van der Waals surface area contributed by atoms with E-state index < -0.39 is 0 Å². The van der Waals surface area contributed by atoms with Gasteiger partial charge in [0.1, 0.15) is 5.78 Å². The van der Waals surface area contributed by atoms with Crippen molar-refractivity contribution in [1.82, 2.24) is 0 Å². The quantitative estimate of drug-likeness (QED) is 0.776. The van der Waals surface area contributed by atoms with E-state index in [0.717, 1.165) is 37.4 Å². The Morgan fingerprint density at radius 3 is 3.06 bits per heavy atom. The summed E-state index contributed by atoms with van der Waals surface area (Å²) in [5.41, 5.74) is 0.0476. The summed E-state index contributed by atoms with van der Waals surface area (Å²) in [6.45, 7) is 5.19. The van der Waals surface area contributed by atoms with E-state index in [9.17, 15) is 4.79 Å². The summed E-state index contributed by atoms with van der Waals surface area (Å²) < 4.78 is 5.97. The molecule has 0 radical (unpaired) electrons. The Bertz CT molecular complexity index is 286. The second-order valence-electron chi connectivity index (χ2n) is 5.90. The third-order valence-corrected chi connectivity index (χ3v) is 6.32. The normalized spacial score (nSPS) is 32.3. The lowest BCUT2D eigenvalue weighted by Crippen LogP contribution is -2.42. The summed E-state index contributed by atoms with van der Waals surface area (Å²) >= 11 is 3.77. The third-order valence-electron chi connectivity index (χ3n) is 3.71. The van der Waals surface area contributed by atoms with E-state index in [1.165, 1.54) is 5.75 Å². The fourth-order valence-corrected chi connectivity index (χ4v) is 5.08. The zero-order valence-electron chi connectivity index (χ0n) is 11.4. The molecule has 0 aromatic heterocycles. The van der Waals surface area contributed by atoms with Crippen LogP contribution < -0.4 is 0 Å². The van der Waals surface area contributed by atoms with Gasteiger partial charge in [-0.15, -0.1) is 0 Å². The summed E-state index contributed by atoms with van der Waals surface area (Å²) in [6.07, 6.45) is 3.05. The van der Waals surface area contributed by atoms with Gasteiger partial charge in [-0.3, -0.25) is 4.79 Å². The zero-order chi connectivity index (χ0) is 13.0. The number of ether oxygens (including phenoxy) is 1. The van der Waals surface area contributed by atoms with Crippen molar-refractivity contribution in [3.63, 3.8) is 0 Å². The van der Waals surface area contributed by atoms with Crippen molar-refractivity contribution in [2.75, 3.05) is 29.6 Å². The van der Waals surface area contributed by atoms with Crippen LogP contribution in [0.2, 0.25) is 0 Å². The summed E-state index contributed by atoms with van der Waals surface area (Å²) in [4.78, 5) is 12.2. The molecule has 1 spiro atoms. The third kappa shape index (κ3) is 3.91. The van der Waals surface area contributed by atoms with Crippen LogP contribution in [0.3, 0.4) is 0 Å². The Hall–Kier alpha value is 0.330. The smallest absolute Gasteiger partial charge is 0.146 e. The maximum Gasteiger partial charge on any atom is 0.146 e. The summed E-state index contributed by atoms with van der Waals surface area (Å²) in [5.74, 6) is 5.48. The van der Waals surface area contributed by atoms with E-state index in [1.807, 2.05) is 11.8 Å². The fraction of sp³-hybridized carbons (Fsp3) is 0.929. The molecule has 2 aliphatic rings. The van der Waals surface area contributed by atoms with Crippen LogP contribution in [0.5, 0.6) is 0 Å². The van der Waals surface area contributed by atoms with Gasteiger partial charge in [0.05, 0.1) is 11.4 Å². The van der Waals surface area contributed by atoms with Crippen LogP contribution in [0.1, 0.15) is 33.1 Å². The topological polar surface area (TPSA) is 26.3 Å². The largest absolute Gasteiger partial charge is 0.374 e. The van der Waals surface area contributed by atoms with Gasteiger partial charge in [-0.25, -0.2) is 0 Å². The molecule has 2 atom stereocenters. The highest BCUT2D eigenvalue weighted by atomic mass is 32.2. The van der Waals surface area contributed by atoms with Gasteiger partial charge in [0, 0.05) is 18.3 Å². The first-order chi connectivity index (χ1) is 8.61. The van der Waals surface area contributed by atoms with Crippen LogP contribution in [0, 0.1) is 11.8 Å².